The lowest BCUT2D eigenvalue weighted by molar-refractivity contribution is 0.0782. The normalized spacial score (nSPS) is 29.0. The quantitative estimate of drug-likeness (QED) is 0.899. The number of hydrogen-bond acceptors (Lipinski definition) is 2. The fourth-order valence-corrected chi connectivity index (χ4v) is 5.00. The molecular weight excluding hydrogens is 294 g/mol. The third kappa shape index (κ3) is 2.87. The molecule has 1 aliphatic heterocycles. The van der Waals surface area contributed by atoms with Gasteiger partial charge in [-0.25, -0.2) is 0 Å². The minimum atomic E-state index is -0.0485. The van der Waals surface area contributed by atoms with Gasteiger partial charge in [-0.3, -0.25) is 0 Å². The second-order valence-electron chi connectivity index (χ2n) is 7.79. The van der Waals surface area contributed by atoms with E-state index in [-0.39, 0.29) is 12.0 Å². The summed E-state index contributed by atoms with van der Waals surface area (Å²) < 4.78 is 0. The highest BCUT2D eigenvalue weighted by atomic mass is 16.3. The van der Waals surface area contributed by atoms with E-state index in [0.717, 1.165) is 18.9 Å². The lowest BCUT2D eigenvalue weighted by atomic mass is 9.67. The molecule has 0 spiro atoms. The predicted molar refractivity (Wildman–Crippen MR) is 100 cm³/mol. The molecule has 1 heterocycles. The van der Waals surface area contributed by atoms with E-state index in [4.69, 9.17) is 0 Å². The molecule has 1 saturated heterocycles. The number of likely N-dealkylation sites (tertiary alicyclic amines) is 1. The summed E-state index contributed by atoms with van der Waals surface area (Å²) in [7, 11) is 0. The van der Waals surface area contributed by atoms with Crippen molar-refractivity contribution in [3.8, 4) is 0 Å². The van der Waals surface area contributed by atoms with Crippen molar-refractivity contribution < 1.29 is 5.11 Å². The van der Waals surface area contributed by atoms with Crippen LogP contribution in [0.15, 0.2) is 42.5 Å². The summed E-state index contributed by atoms with van der Waals surface area (Å²) >= 11 is 0. The minimum absolute atomic E-state index is 0.0485. The van der Waals surface area contributed by atoms with Crippen molar-refractivity contribution in [2.45, 2.75) is 56.4 Å². The Hall–Kier alpha value is -1.38. The van der Waals surface area contributed by atoms with E-state index in [1.165, 1.54) is 61.5 Å². The number of fused-ring (bicyclic) bond motifs is 1. The third-order valence-corrected chi connectivity index (χ3v) is 6.48. The zero-order chi connectivity index (χ0) is 16.4. The second-order valence-corrected chi connectivity index (χ2v) is 7.79. The summed E-state index contributed by atoms with van der Waals surface area (Å²) in [6.07, 6.45) is 8.81. The monoisotopic (exact) mass is 323 g/mol. The number of rotatable bonds is 3. The van der Waals surface area contributed by atoms with Gasteiger partial charge < -0.3 is 10.0 Å². The van der Waals surface area contributed by atoms with Gasteiger partial charge in [0.05, 0.1) is 6.61 Å². The average molecular weight is 323 g/mol. The molecule has 2 heteroatoms. The van der Waals surface area contributed by atoms with Crippen molar-refractivity contribution in [2.24, 2.45) is 0 Å². The molecule has 1 saturated carbocycles. The summed E-state index contributed by atoms with van der Waals surface area (Å²) in [5.74, 6) is 0. The van der Waals surface area contributed by atoms with Gasteiger partial charge >= 0.3 is 0 Å². The van der Waals surface area contributed by atoms with Crippen LogP contribution >= 0.6 is 0 Å². The Kier molecular flexibility index (Phi) is 4.60. The highest BCUT2D eigenvalue weighted by Gasteiger charge is 2.38. The van der Waals surface area contributed by atoms with Gasteiger partial charge in [-0.15, -0.1) is 0 Å². The fraction of sp³-hybridized carbons (Fsp3) is 0.545. The molecule has 24 heavy (non-hydrogen) atoms. The highest BCUT2D eigenvalue weighted by Crippen LogP contribution is 2.43. The summed E-state index contributed by atoms with van der Waals surface area (Å²) in [6.45, 7) is 2.84. The number of nitrogens with zero attached hydrogens (tertiary/aromatic N) is 1. The zero-order valence-corrected chi connectivity index (χ0v) is 14.6. The Morgan fingerprint density at radius 2 is 1.62 bits per heavy atom. The molecule has 0 unspecified atom stereocenters. The molecule has 0 atom stereocenters. The SMILES string of the molecule is OC[C@]1(c2cccc3ccccc32)CC[C@@H](N2CCCCC2)CC1. The molecule has 1 N–H and O–H groups in total. The Labute approximate surface area is 145 Å². The summed E-state index contributed by atoms with van der Waals surface area (Å²) in [4.78, 5) is 2.72. The summed E-state index contributed by atoms with van der Waals surface area (Å²) in [5.41, 5.74) is 1.31. The zero-order valence-electron chi connectivity index (χ0n) is 14.6. The smallest absolute Gasteiger partial charge is 0.0528 e. The van der Waals surface area contributed by atoms with Crippen LogP contribution < -0.4 is 0 Å². The lowest BCUT2D eigenvalue weighted by Crippen LogP contribution is -2.45. The van der Waals surface area contributed by atoms with Crippen LogP contribution in [-0.2, 0) is 5.41 Å². The van der Waals surface area contributed by atoms with Crippen LogP contribution in [0.4, 0.5) is 0 Å². The number of aliphatic hydroxyl groups is 1. The molecule has 1 aliphatic carbocycles. The average Bonchev–Trinajstić information content (AvgIpc) is 2.68. The van der Waals surface area contributed by atoms with E-state index in [1.807, 2.05) is 0 Å². The number of benzene rings is 2. The van der Waals surface area contributed by atoms with Crippen molar-refractivity contribution >= 4 is 10.8 Å². The standard InChI is InChI=1S/C22H29NO/c24-17-22(21-10-6-8-18-7-2-3-9-20(18)21)13-11-19(12-14-22)23-15-4-1-5-16-23/h2-3,6-10,19,24H,1,4-5,11-17H2/t19-,22+. The molecular formula is C22H29NO. The van der Waals surface area contributed by atoms with Crippen LogP contribution in [-0.4, -0.2) is 35.7 Å². The Bertz CT molecular complexity index is 676. The van der Waals surface area contributed by atoms with Crippen LogP contribution in [0, 0.1) is 0 Å². The first-order valence-corrected chi connectivity index (χ1v) is 9.66. The van der Waals surface area contributed by atoms with Crippen molar-refractivity contribution in [2.75, 3.05) is 19.7 Å². The van der Waals surface area contributed by atoms with Crippen LogP contribution in [0.1, 0.15) is 50.5 Å². The van der Waals surface area contributed by atoms with Gasteiger partial charge in [0.1, 0.15) is 0 Å². The molecule has 2 aromatic carbocycles. The molecule has 128 valence electrons. The van der Waals surface area contributed by atoms with Gasteiger partial charge in [0.15, 0.2) is 0 Å². The van der Waals surface area contributed by atoms with Gasteiger partial charge in [-0.2, -0.15) is 0 Å². The topological polar surface area (TPSA) is 23.5 Å². The van der Waals surface area contributed by atoms with E-state index in [9.17, 15) is 5.11 Å². The predicted octanol–water partition coefficient (Wildman–Crippen LogP) is 4.50. The highest BCUT2D eigenvalue weighted by molar-refractivity contribution is 5.86. The molecule has 2 nitrogen and oxygen atoms in total. The van der Waals surface area contributed by atoms with E-state index in [2.05, 4.69) is 47.4 Å². The molecule has 0 bridgehead atoms. The number of piperidine rings is 1. The summed E-state index contributed by atoms with van der Waals surface area (Å²) in [5, 5.41) is 13.0. The van der Waals surface area contributed by atoms with Crippen molar-refractivity contribution in [1.82, 2.24) is 4.90 Å². The number of aliphatic hydroxyl groups excluding tert-OH is 1. The molecule has 2 aromatic rings. The van der Waals surface area contributed by atoms with Crippen LogP contribution in [0.5, 0.6) is 0 Å². The van der Waals surface area contributed by atoms with Gasteiger partial charge in [-0.05, 0) is 68.0 Å². The lowest BCUT2D eigenvalue weighted by Gasteiger charge is -2.44. The largest absolute Gasteiger partial charge is 0.395 e. The first kappa shape index (κ1) is 16.1. The van der Waals surface area contributed by atoms with E-state index in [1.54, 1.807) is 0 Å². The van der Waals surface area contributed by atoms with E-state index in [0.29, 0.717) is 0 Å². The maximum atomic E-state index is 10.3. The Balaban J connectivity index is 1.59. The first-order valence-electron chi connectivity index (χ1n) is 9.66. The van der Waals surface area contributed by atoms with E-state index < -0.39 is 0 Å². The van der Waals surface area contributed by atoms with Crippen molar-refractivity contribution in [1.29, 1.82) is 0 Å². The first-order chi connectivity index (χ1) is 11.8. The van der Waals surface area contributed by atoms with Crippen LogP contribution in [0.2, 0.25) is 0 Å². The molecule has 2 aliphatic rings. The van der Waals surface area contributed by atoms with Gasteiger partial charge in [-0.1, -0.05) is 48.9 Å². The van der Waals surface area contributed by atoms with Crippen molar-refractivity contribution in [3.63, 3.8) is 0 Å². The fourth-order valence-electron chi connectivity index (χ4n) is 5.00. The summed E-state index contributed by atoms with van der Waals surface area (Å²) in [6, 6.07) is 16.0. The van der Waals surface area contributed by atoms with Gasteiger partial charge in [0.25, 0.3) is 0 Å². The Morgan fingerprint density at radius 1 is 0.917 bits per heavy atom. The van der Waals surface area contributed by atoms with Crippen molar-refractivity contribution in [3.05, 3.63) is 48.0 Å². The molecule has 0 radical (unpaired) electrons. The van der Waals surface area contributed by atoms with E-state index >= 15 is 0 Å². The number of hydrogen-bond donors (Lipinski definition) is 1. The molecule has 0 aromatic heterocycles. The van der Waals surface area contributed by atoms with Crippen LogP contribution in [0.3, 0.4) is 0 Å². The van der Waals surface area contributed by atoms with Gasteiger partial charge in [0, 0.05) is 11.5 Å². The second kappa shape index (κ2) is 6.85. The Morgan fingerprint density at radius 3 is 2.38 bits per heavy atom. The molecule has 2 fully saturated rings. The maximum absolute atomic E-state index is 10.3. The van der Waals surface area contributed by atoms with Gasteiger partial charge in [0.2, 0.25) is 0 Å². The third-order valence-electron chi connectivity index (χ3n) is 6.48. The molecule has 4 rings (SSSR count). The van der Waals surface area contributed by atoms with Crippen LogP contribution in [0.25, 0.3) is 10.8 Å². The molecule has 0 amide bonds. The minimum Gasteiger partial charge on any atom is -0.395 e. The maximum Gasteiger partial charge on any atom is 0.0528 e.